The molecule has 1 aliphatic heterocycles. The third-order valence-corrected chi connectivity index (χ3v) is 4.11. The molecule has 0 N–H and O–H groups in total. The summed E-state index contributed by atoms with van der Waals surface area (Å²) in [5.74, 6) is 0.237. The number of hydrogen-bond donors (Lipinski definition) is 0. The number of rotatable bonds is 5. The summed E-state index contributed by atoms with van der Waals surface area (Å²) in [4.78, 5) is 22.6. The Bertz CT molecular complexity index is 584. The molecule has 116 valence electrons. The Morgan fingerprint density at radius 1 is 1.36 bits per heavy atom. The third-order valence-electron chi connectivity index (χ3n) is 4.11. The number of carbonyl (C=O) groups is 1. The van der Waals surface area contributed by atoms with Crippen molar-refractivity contribution in [2.45, 2.75) is 38.1 Å². The molecule has 0 spiro atoms. The summed E-state index contributed by atoms with van der Waals surface area (Å²) in [6.07, 6.45) is 9.45. The monoisotopic (exact) mass is 299 g/mol. The lowest BCUT2D eigenvalue weighted by Crippen LogP contribution is -2.40. The highest BCUT2D eigenvalue weighted by Crippen LogP contribution is 2.21. The van der Waals surface area contributed by atoms with Crippen LogP contribution in [0.3, 0.4) is 0 Å². The maximum absolute atomic E-state index is 12.4. The molecule has 1 atom stereocenters. The molecule has 1 fully saturated rings. The Hall–Kier alpha value is -2.24. The molecule has 0 aromatic carbocycles. The van der Waals surface area contributed by atoms with Crippen molar-refractivity contribution < 1.29 is 4.79 Å². The predicted octanol–water partition coefficient (Wildman–Crippen LogP) is 1.86. The van der Waals surface area contributed by atoms with E-state index in [4.69, 9.17) is 0 Å². The second-order valence-corrected chi connectivity index (χ2v) is 5.69. The summed E-state index contributed by atoms with van der Waals surface area (Å²) in [5, 5.41) is 4.19. The molecule has 22 heavy (non-hydrogen) atoms. The first kappa shape index (κ1) is 14.7. The summed E-state index contributed by atoms with van der Waals surface area (Å²) in [5.41, 5.74) is 1.05. The van der Waals surface area contributed by atoms with E-state index in [1.165, 1.54) is 0 Å². The van der Waals surface area contributed by atoms with E-state index in [0.29, 0.717) is 6.42 Å². The summed E-state index contributed by atoms with van der Waals surface area (Å²) in [6, 6.07) is 6.16. The lowest BCUT2D eigenvalue weighted by atomic mass is 10.0. The molecule has 2 aromatic rings. The fourth-order valence-electron chi connectivity index (χ4n) is 2.93. The fraction of sp³-hybridized carbons (Fsp3) is 0.500. The maximum atomic E-state index is 12.4. The van der Waals surface area contributed by atoms with Crippen LogP contribution in [0.5, 0.6) is 0 Å². The summed E-state index contributed by atoms with van der Waals surface area (Å²) in [7, 11) is 0. The SMILES string of the molecule is O=C(CCCc1ccccn1)N1CCC[C@@H](n2cncn2)C1. The van der Waals surface area contributed by atoms with Crippen molar-refractivity contribution in [2.75, 3.05) is 13.1 Å². The zero-order chi connectivity index (χ0) is 15.2. The maximum Gasteiger partial charge on any atom is 0.222 e. The Morgan fingerprint density at radius 3 is 3.09 bits per heavy atom. The van der Waals surface area contributed by atoms with Gasteiger partial charge in [-0.2, -0.15) is 5.10 Å². The van der Waals surface area contributed by atoms with Gasteiger partial charge >= 0.3 is 0 Å². The number of aryl methyl sites for hydroxylation is 1. The normalized spacial score (nSPS) is 18.4. The number of carbonyl (C=O) groups excluding carboxylic acids is 1. The minimum Gasteiger partial charge on any atom is -0.341 e. The highest BCUT2D eigenvalue weighted by Gasteiger charge is 2.24. The average molecular weight is 299 g/mol. The molecule has 1 amide bonds. The molecule has 0 radical (unpaired) electrons. The van der Waals surface area contributed by atoms with Gasteiger partial charge in [0, 0.05) is 31.4 Å². The molecule has 0 bridgehead atoms. The van der Waals surface area contributed by atoms with Crippen molar-refractivity contribution in [2.24, 2.45) is 0 Å². The molecule has 6 heteroatoms. The molecule has 0 aliphatic carbocycles. The number of nitrogens with zero attached hydrogens (tertiary/aromatic N) is 5. The van der Waals surface area contributed by atoms with Gasteiger partial charge in [-0.3, -0.25) is 9.78 Å². The van der Waals surface area contributed by atoms with Gasteiger partial charge in [-0.05, 0) is 37.8 Å². The average Bonchev–Trinajstić information content (AvgIpc) is 3.10. The van der Waals surface area contributed by atoms with Gasteiger partial charge in [-0.15, -0.1) is 0 Å². The van der Waals surface area contributed by atoms with Crippen LogP contribution in [-0.4, -0.2) is 43.6 Å². The molecular weight excluding hydrogens is 278 g/mol. The van der Waals surface area contributed by atoms with Crippen LogP contribution >= 0.6 is 0 Å². The van der Waals surface area contributed by atoms with Gasteiger partial charge in [0.05, 0.1) is 6.04 Å². The van der Waals surface area contributed by atoms with Crippen molar-refractivity contribution in [3.05, 3.63) is 42.7 Å². The highest BCUT2D eigenvalue weighted by molar-refractivity contribution is 5.76. The van der Waals surface area contributed by atoms with E-state index in [2.05, 4.69) is 15.1 Å². The Balaban J connectivity index is 1.47. The van der Waals surface area contributed by atoms with Crippen LogP contribution in [0.25, 0.3) is 0 Å². The largest absolute Gasteiger partial charge is 0.341 e. The van der Waals surface area contributed by atoms with Crippen LogP contribution in [0, 0.1) is 0 Å². The number of aromatic nitrogens is 4. The van der Waals surface area contributed by atoms with E-state index in [9.17, 15) is 4.79 Å². The first-order valence-corrected chi connectivity index (χ1v) is 7.85. The van der Waals surface area contributed by atoms with Crippen LogP contribution < -0.4 is 0 Å². The number of likely N-dealkylation sites (tertiary alicyclic amines) is 1. The van der Waals surface area contributed by atoms with E-state index in [-0.39, 0.29) is 11.9 Å². The van der Waals surface area contributed by atoms with Crippen LogP contribution in [0.15, 0.2) is 37.1 Å². The second kappa shape index (κ2) is 7.15. The lowest BCUT2D eigenvalue weighted by Gasteiger charge is -2.32. The quantitative estimate of drug-likeness (QED) is 0.845. The van der Waals surface area contributed by atoms with E-state index >= 15 is 0 Å². The molecule has 0 unspecified atom stereocenters. The van der Waals surface area contributed by atoms with Crippen molar-refractivity contribution in [1.29, 1.82) is 0 Å². The van der Waals surface area contributed by atoms with E-state index in [0.717, 1.165) is 44.5 Å². The van der Waals surface area contributed by atoms with Gasteiger partial charge in [-0.1, -0.05) is 6.07 Å². The third kappa shape index (κ3) is 3.69. The Morgan fingerprint density at radius 2 is 2.32 bits per heavy atom. The van der Waals surface area contributed by atoms with Crippen LogP contribution in [-0.2, 0) is 11.2 Å². The number of pyridine rings is 1. The molecule has 0 saturated carbocycles. The minimum atomic E-state index is 0.237. The zero-order valence-corrected chi connectivity index (χ0v) is 12.6. The first-order valence-electron chi connectivity index (χ1n) is 7.85. The van der Waals surface area contributed by atoms with E-state index < -0.39 is 0 Å². The van der Waals surface area contributed by atoms with Crippen molar-refractivity contribution in [3.63, 3.8) is 0 Å². The van der Waals surface area contributed by atoms with Crippen molar-refractivity contribution in [3.8, 4) is 0 Å². The van der Waals surface area contributed by atoms with Gasteiger partial charge in [-0.25, -0.2) is 9.67 Å². The summed E-state index contributed by atoms with van der Waals surface area (Å²) < 4.78 is 1.87. The number of hydrogen-bond acceptors (Lipinski definition) is 4. The smallest absolute Gasteiger partial charge is 0.222 e. The number of piperidine rings is 1. The van der Waals surface area contributed by atoms with Gasteiger partial charge < -0.3 is 4.90 Å². The molecule has 2 aromatic heterocycles. The van der Waals surface area contributed by atoms with Crippen molar-refractivity contribution >= 4 is 5.91 Å². The van der Waals surface area contributed by atoms with Gasteiger partial charge in [0.2, 0.25) is 5.91 Å². The van der Waals surface area contributed by atoms with Crippen LogP contribution in [0.2, 0.25) is 0 Å². The first-order chi connectivity index (χ1) is 10.8. The van der Waals surface area contributed by atoms with Gasteiger partial charge in [0.25, 0.3) is 0 Å². The van der Waals surface area contributed by atoms with Crippen molar-refractivity contribution in [1.82, 2.24) is 24.6 Å². The minimum absolute atomic E-state index is 0.237. The molecule has 6 nitrogen and oxygen atoms in total. The lowest BCUT2D eigenvalue weighted by molar-refractivity contribution is -0.133. The highest BCUT2D eigenvalue weighted by atomic mass is 16.2. The van der Waals surface area contributed by atoms with Crippen LogP contribution in [0.4, 0.5) is 0 Å². The summed E-state index contributed by atoms with van der Waals surface area (Å²) in [6.45, 7) is 1.60. The van der Waals surface area contributed by atoms with Crippen LogP contribution in [0.1, 0.15) is 37.4 Å². The van der Waals surface area contributed by atoms with Gasteiger partial charge in [0.15, 0.2) is 0 Å². The second-order valence-electron chi connectivity index (χ2n) is 5.69. The fourth-order valence-corrected chi connectivity index (χ4v) is 2.93. The molecule has 3 rings (SSSR count). The molecule has 1 aliphatic rings. The zero-order valence-electron chi connectivity index (χ0n) is 12.6. The van der Waals surface area contributed by atoms with Gasteiger partial charge in [0.1, 0.15) is 12.7 Å². The molecular formula is C16H21N5O. The van der Waals surface area contributed by atoms with E-state index in [1.807, 2.05) is 27.8 Å². The summed E-state index contributed by atoms with van der Waals surface area (Å²) >= 11 is 0. The predicted molar refractivity (Wildman–Crippen MR) is 82.0 cm³/mol. The standard InChI is InChI=1S/C16H21N5O/c22-16(8-3-6-14-5-1-2-9-18-14)20-10-4-7-15(11-20)21-13-17-12-19-21/h1-2,5,9,12-13,15H,3-4,6-8,10-11H2/t15-/m1/s1. The molecule has 1 saturated heterocycles. The molecule has 3 heterocycles. The van der Waals surface area contributed by atoms with E-state index in [1.54, 1.807) is 18.9 Å². The topological polar surface area (TPSA) is 63.9 Å². The Labute approximate surface area is 130 Å². The number of amides is 1. The Kier molecular flexibility index (Phi) is 4.78.